The van der Waals surface area contributed by atoms with Crippen molar-refractivity contribution in [2.45, 2.75) is 19.4 Å². The molecule has 1 N–H and O–H groups in total. The van der Waals surface area contributed by atoms with Gasteiger partial charge in [0.25, 0.3) is 0 Å². The molecular weight excluding hydrogens is 413 g/mol. The number of nitrogens with zero attached hydrogens (tertiary/aromatic N) is 2. The molecule has 6 heteroatoms. The van der Waals surface area contributed by atoms with Gasteiger partial charge in [0.15, 0.2) is 5.96 Å². The Bertz CT molecular complexity index is 523. The molecule has 3 nitrogen and oxygen atoms in total. The monoisotopic (exact) mass is 435 g/mol. The molecule has 1 atom stereocenters. The normalized spacial score (nSPS) is 12.6. The average Bonchev–Trinajstić information content (AvgIpc) is 3.12. The summed E-state index contributed by atoms with van der Waals surface area (Å²) < 4.78 is 0. The minimum atomic E-state index is 0. The third-order valence-corrected chi connectivity index (χ3v) is 5.00. The van der Waals surface area contributed by atoms with Crippen molar-refractivity contribution in [2.24, 2.45) is 4.99 Å². The summed E-state index contributed by atoms with van der Waals surface area (Å²) in [6.45, 7) is 4.03. The van der Waals surface area contributed by atoms with E-state index < -0.39 is 0 Å². The smallest absolute Gasteiger partial charge is 0.193 e. The fourth-order valence-corrected chi connectivity index (χ4v) is 3.48. The Labute approximate surface area is 152 Å². The lowest BCUT2D eigenvalue weighted by molar-refractivity contribution is 0.474. The van der Waals surface area contributed by atoms with Gasteiger partial charge in [0.1, 0.15) is 0 Å². The third kappa shape index (κ3) is 5.60. The Morgan fingerprint density at radius 1 is 1.38 bits per heavy atom. The fourth-order valence-electron chi connectivity index (χ4n) is 2.03. The van der Waals surface area contributed by atoms with E-state index >= 15 is 0 Å². The first kappa shape index (κ1) is 18.4. The molecule has 2 heterocycles. The van der Waals surface area contributed by atoms with Crippen LogP contribution < -0.4 is 5.32 Å². The van der Waals surface area contributed by atoms with Crippen LogP contribution in [0.5, 0.6) is 0 Å². The van der Waals surface area contributed by atoms with Crippen LogP contribution in [0.1, 0.15) is 23.3 Å². The second-order valence-corrected chi connectivity index (χ2v) is 6.59. The van der Waals surface area contributed by atoms with Crippen molar-refractivity contribution in [1.29, 1.82) is 0 Å². The van der Waals surface area contributed by atoms with Crippen molar-refractivity contribution in [1.82, 2.24) is 10.2 Å². The summed E-state index contributed by atoms with van der Waals surface area (Å²) in [7, 11) is 3.91. The van der Waals surface area contributed by atoms with Gasteiger partial charge in [0, 0.05) is 38.0 Å². The Kier molecular flexibility index (Phi) is 8.28. The average molecular weight is 435 g/mol. The van der Waals surface area contributed by atoms with E-state index in [4.69, 9.17) is 0 Å². The summed E-state index contributed by atoms with van der Waals surface area (Å²) in [6.07, 6.45) is 0. The van der Waals surface area contributed by atoms with Crippen molar-refractivity contribution in [3.8, 4) is 0 Å². The molecule has 0 amide bonds. The second-order valence-electron chi connectivity index (χ2n) is 4.83. The molecule has 0 aliphatic rings. The lowest BCUT2D eigenvalue weighted by Gasteiger charge is -2.23. The van der Waals surface area contributed by atoms with E-state index in [-0.39, 0.29) is 24.0 Å². The zero-order chi connectivity index (χ0) is 14.4. The van der Waals surface area contributed by atoms with E-state index in [2.05, 4.69) is 63.5 Å². The standard InChI is InChI=1S/C15H21N3S2.HI/c1-12(14-5-4-7-20-14)9-17-15(16-2)18(3)10-13-6-8-19-11-13;/h4-8,11-12H,9-10H2,1-3H3,(H,16,17);1H. The highest BCUT2D eigenvalue weighted by atomic mass is 127. The number of hydrogen-bond donors (Lipinski definition) is 1. The number of hydrogen-bond acceptors (Lipinski definition) is 3. The van der Waals surface area contributed by atoms with Crippen LogP contribution in [0.2, 0.25) is 0 Å². The van der Waals surface area contributed by atoms with Crippen LogP contribution in [0.15, 0.2) is 39.3 Å². The molecule has 1 unspecified atom stereocenters. The summed E-state index contributed by atoms with van der Waals surface area (Å²) >= 11 is 3.54. The topological polar surface area (TPSA) is 27.6 Å². The van der Waals surface area contributed by atoms with Crippen molar-refractivity contribution in [2.75, 3.05) is 20.6 Å². The van der Waals surface area contributed by atoms with Crippen molar-refractivity contribution in [3.05, 3.63) is 44.8 Å². The zero-order valence-corrected chi connectivity index (χ0v) is 16.5. The van der Waals surface area contributed by atoms with Gasteiger partial charge in [-0.05, 0) is 33.8 Å². The highest BCUT2D eigenvalue weighted by molar-refractivity contribution is 14.0. The highest BCUT2D eigenvalue weighted by Crippen LogP contribution is 2.19. The maximum absolute atomic E-state index is 4.36. The van der Waals surface area contributed by atoms with Gasteiger partial charge in [-0.15, -0.1) is 35.3 Å². The van der Waals surface area contributed by atoms with Gasteiger partial charge in [0.2, 0.25) is 0 Å². The third-order valence-electron chi connectivity index (χ3n) is 3.17. The van der Waals surface area contributed by atoms with Crippen LogP contribution in [0.3, 0.4) is 0 Å². The number of nitrogens with one attached hydrogen (secondary N) is 1. The minimum absolute atomic E-state index is 0. The molecule has 0 saturated carbocycles. The van der Waals surface area contributed by atoms with Crippen molar-refractivity contribution in [3.63, 3.8) is 0 Å². The van der Waals surface area contributed by atoms with Gasteiger partial charge in [-0.1, -0.05) is 13.0 Å². The number of halogens is 1. The Hall–Kier alpha value is -0.600. The van der Waals surface area contributed by atoms with Gasteiger partial charge in [-0.2, -0.15) is 11.3 Å². The SMILES string of the molecule is CN=C(NCC(C)c1cccs1)N(C)Cc1ccsc1.I. The lowest BCUT2D eigenvalue weighted by Crippen LogP contribution is -2.39. The minimum Gasteiger partial charge on any atom is -0.356 e. The van der Waals surface area contributed by atoms with Crippen LogP contribution in [0, 0.1) is 0 Å². The van der Waals surface area contributed by atoms with Gasteiger partial charge in [0.05, 0.1) is 0 Å². The molecule has 0 saturated heterocycles. The molecule has 21 heavy (non-hydrogen) atoms. The molecule has 0 aromatic carbocycles. The Balaban J connectivity index is 0.00000220. The zero-order valence-electron chi connectivity index (χ0n) is 12.6. The molecule has 0 aliphatic heterocycles. The molecule has 2 aromatic heterocycles. The summed E-state index contributed by atoms with van der Waals surface area (Å²) in [6, 6.07) is 6.45. The second kappa shape index (κ2) is 9.42. The summed E-state index contributed by atoms with van der Waals surface area (Å²) in [4.78, 5) is 7.93. The van der Waals surface area contributed by atoms with E-state index in [9.17, 15) is 0 Å². The number of thiophene rings is 2. The predicted molar refractivity (Wildman–Crippen MR) is 105 cm³/mol. The first-order chi connectivity index (χ1) is 9.70. The van der Waals surface area contributed by atoms with E-state index in [1.54, 1.807) is 11.3 Å². The quantitative estimate of drug-likeness (QED) is 0.432. The maximum atomic E-state index is 4.36. The van der Waals surface area contributed by atoms with Crippen LogP contribution in [0.4, 0.5) is 0 Å². The Morgan fingerprint density at radius 2 is 2.19 bits per heavy atom. The molecule has 2 rings (SSSR count). The summed E-state index contributed by atoms with van der Waals surface area (Å²) in [5, 5.41) is 9.87. The van der Waals surface area contributed by atoms with E-state index in [0.717, 1.165) is 19.0 Å². The molecule has 0 aliphatic carbocycles. The number of rotatable bonds is 5. The maximum Gasteiger partial charge on any atom is 0.193 e. The van der Waals surface area contributed by atoms with Gasteiger partial charge in [-0.3, -0.25) is 4.99 Å². The van der Waals surface area contributed by atoms with Crippen LogP contribution >= 0.6 is 46.7 Å². The molecule has 0 bridgehead atoms. The van der Waals surface area contributed by atoms with Gasteiger partial charge in [-0.25, -0.2) is 0 Å². The number of guanidine groups is 1. The largest absolute Gasteiger partial charge is 0.356 e. The van der Waals surface area contributed by atoms with Crippen molar-refractivity contribution >= 4 is 52.6 Å². The molecule has 0 radical (unpaired) electrons. The first-order valence-corrected chi connectivity index (χ1v) is 8.49. The van der Waals surface area contributed by atoms with Crippen LogP contribution in [-0.4, -0.2) is 31.5 Å². The van der Waals surface area contributed by atoms with E-state index in [1.807, 2.05) is 18.4 Å². The van der Waals surface area contributed by atoms with Gasteiger partial charge >= 0.3 is 0 Å². The molecule has 0 fully saturated rings. The first-order valence-electron chi connectivity index (χ1n) is 6.67. The Morgan fingerprint density at radius 3 is 2.76 bits per heavy atom. The highest BCUT2D eigenvalue weighted by Gasteiger charge is 2.10. The predicted octanol–water partition coefficient (Wildman–Crippen LogP) is 4.24. The van der Waals surface area contributed by atoms with Gasteiger partial charge < -0.3 is 10.2 Å². The molecule has 0 spiro atoms. The lowest BCUT2D eigenvalue weighted by atomic mass is 10.1. The number of aliphatic imine (C=N–C) groups is 1. The van der Waals surface area contributed by atoms with E-state index in [1.165, 1.54) is 10.4 Å². The van der Waals surface area contributed by atoms with Crippen LogP contribution in [-0.2, 0) is 6.54 Å². The van der Waals surface area contributed by atoms with Crippen LogP contribution in [0.25, 0.3) is 0 Å². The summed E-state index contributed by atoms with van der Waals surface area (Å²) in [5.74, 6) is 1.45. The molecule has 116 valence electrons. The summed E-state index contributed by atoms with van der Waals surface area (Å²) in [5.41, 5.74) is 1.33. The van der Waals surface area contributed by atoms with E-state index in [0.29, 0.717) is 5.92 Å². The molecule has 2 aromatic rings. The fraction of sp³-hybridized carbons (Fsp3) is 0.400. The molecular formula is C15H22IN3S2. The van der Waals surface area contributed by atoms with Crippen molar-refractivity contribution < 1.29 is 0 Å².